The second-order valence-electron chi connectivity index (χ2n) is 5.74. The van der Waals surface area contributed by atoms with Crippen molar-refractivity contribution >= 4 is 11.6 Å². The number of aliphatic hydroxyl groups is 1. The summed E-state index contributed by atoms with van der Waals surface area (Å²) in [6.07, 6.45) is 2.61. The van der Waals surface area contributed by atoms with E-state index in [1.165, 1.54) is 40.4 Å². The molecule has 138 valence electrons. The fraction of sp³-hybridized carbons (Fsp3) is 0.167. The molecule has 1 heterocycles. The van der Waals surface area contributed by atoms with Crippen LogP contribution in [0.3, 0.4) is 0 Å². The van der Waals surface area contributed by atoms with Crippen LogP contribution in [0.2, 0.25) is 0 Å². The molecular formula is C18H17N5O4. The molecule has 0 spiro atoms. The van der Waals surface area contributed by atoms with Crippen LogP contribution in [0.1, 0.15) is 15.9 Å². The number of benzene rings is 2. The standard InChI is InChI=1S/C18H17N5O4/c24-9-8-21(11-14-4-2-1-3-5-14)18(25)15-6-7-16(17(10-15)23(26)27)22-13-19-12-20-22/h1-7,10,12-13,24H,8-9,11H2. The summed E-state index contributed by atoms with van der Waals surface area (Å²) in [6.45, 7) is 0.197. The van der Waals surface area contributed by atoms with E-state index in [4.69, 9.17) is 0 Å². The third-order valence-corrected chi connectivity index (χ3v) is 3.96. The number of aliphatic hydroxyl groups excluding tert-OH is 1. The summed E-state index contributed by atoms with van der Waals surface area (Å²) >= 11 is 0. The van der Waals surface area contributed by atoms with E-state index in [1.54, 1.807) is 0 Å². The van der Waals surface area contributed by atoms with Gasteiger partial charge in [-0.25, -0.2) is 9.67 Å². The molecule has 0 atom stereocenters. The average Bonchev–Trinajstić information content (AvgIpc) is 3.22. The summed E-state index contributed by atoms with van der Waals surface area (Å²) in [6, 6.07) is 13.5. The molecule has 1 amide bonds. The van der Waals surface area contributed by atoms with Gasteiger partial charge in [-0.15, -0.1) is 0 Å². The monoisotopic (exact) mass is 367 g/mol. The summed E-state index contributed by atoms with van der Waals surface area (Å²) in [4.78, 5) is 29.0. The van der Waals surface area contributed by atoms with E-state index >= 15 is 0 Å². The zero-order valence-corrected chi connectivity index (χ0v) is 14.3. The highest BCUT2D eigenvalue weighted by Gasteiger charge is 2.22. The Hall–Kier alpha value is -3.59. The van der Waals surface area contributed by atoms with Gasteiger partial charge in [0.1, 0.15) is 18.3 Å². The molecule has 0 saturated heterocycles. The quantitative estimate of drug-likeness (QED) is 0.503. The second-order valence-corrected chi connectivity index (χ2v) is 5.74. The summed E-state index contributed by atoms with van der Waals surface area (Å²) in [5.41, 5.74) is 1.02. The van der Waals surface area contributed by atoms with Crippen molar-refractivity contribution in [3.05, 3.63) is 82.4 Å². The molecule has 0 saturated carbocycles. The molecule has 3 aromatic rings. The topological polar surface area (TPSA) is 114 Å². The van der Waals surface area contributed by atoms with Crippen LogP contribution in [0.5, 0.6) is 0 Å². The SMILES string of the molecule is O=C(c1ccc(-n2cncn2)c([N+](=O)[O-])c1)N(CCO)Cc1ccccc1. The first kappa shape index (κ1) is 18.2. The smallest absolute Gasteiger partial charge is 0.295 e. The maximum absolute atomic E-state index is 12.9. The molecule has 9 nitrogen and oxygen atoms in total. The van der Waals surface area contributed by atoms with Crippen LogP contribution in [-0.4, -0.2) is 48.8 Å². The van der Waals surface area contributed by atoms with Gasteiger partial charge in [-0.1, -0.05) is 30.3 Å². The highest BCUT2D eigenvalue weighted by atomic mass is 16.6. The lowest BCUT2D eigenvalue weighted by molar-refractivity contribution is -0.384. The van der Waals surface area contributed by atoms with Crippen LogP contribution < -0.4 is 0 Å². The lowest BCUT2D eigenvalue weighted by atomic mass is 10.1. The second kappa shape index (κ2) is 8.19. The van der Waals surface area contributed by atoms with E-state index in [9.17, 15) is 20.0 Å². The largest absolute Gasteiger partial charge is 0.395 e. The Morgan fingerprint density at radius 2 is 2.00 bits per heavy atom. The van der Waals surface area contributed by atoms with Gasteiger partial charge in [-0.2, -0.15) is 5.10 Å². The normalized spacial score (nSPS) is 10.6. The molecule has 0 unspecified atom stereocenters. The van der Waals surface area contributed by atoms with Crippen molar-refractivity contribution in [1.29, 1.82) is 0 Å². The lowest BCUT2D eigenvalue weighted by Gasteiger charge is -2.22. The Labute approximate surface area is 154 Å². The summed E-state index contributed by atoms with van der Waals surface area (Å²) < 4.78 is 1.27. The lowest BCUT2D eigenvalue weighted by Crippen LogP contribution is -2.33. The van der Waals surface area contributed by atoms with Gasteiger partial charge < -0.3 is 10.0 Å². The number of rotatable bonds is 7. The summed E-state index contributed by atoms with van der Waals surface area (Å²) in [5, 5.41) is 24.7. The van der Waals surface area contributed by atoms with E-state index in [0.717, 1.165) is 5.56 Å². The predicted molar refractivity (Wildman–Crippen MR) is 96.3 cm³/mol. The van der Waals surface area contributed by atoms with Crippen molar-refractivity contribution in [3.63, 3.8) is 0 Å². The molecule has 9 heteroatoms. The molecular weight excluding hydrogens is 350 g/mol. The van der Waals surface area contributed by atoms with Crippen LogP contribution >= 0.6 is 0 Å². The minimum Gasteiger partial charge on any atom is -0.395 e. The van der Waals surface area contributed by atoms with Gasteiger partial charge in [-0.05, 0) is 17.7 Å². The first-order valence-corrected chi connectivity index (χ1v) is 8.17. The number of aromatic nitrogens is 3. The van der Waals surface area contributed by atoms with Crippen LogP contribution in [0.25, 0.3) is 5.69 Å². The van der Waals surface area contributed by atoms with Crippen molar-refractivity contribution in [1.82, 2.24) is 19.7 Å². The van der Waals surface area contributed by atoms with Crippen LogP contribution in [0.15, 0.2) is 61.2 Å². The van der Waals surface area contributed by atoms with E-state index in [2.05, 4.69) is 10.1 Å². The minimum absolute atomic E-state index is 0.117. The number of nitrogens with zero attached hydrogens (tertiary/aromatic N) is 5. The first-order chi connectivity index (χ1) is 13.1. The van der Waals surface area contributed by atoms with E-state index in [1.807, 2.05) is 30.3 Å². The maximum Gasteiger partial charge on any atom is 0.295 e. The molecule has 0 aliphatic heterocycles. The van der Waals surface area contributed by atoms with Crippen molar-refractivity contribution in [3.8, 4) is 5.69 Å². The van der Waals surface area contributed by atoms with Gasteiger partial charge in [-0.3, -0.25) is 14.9 Å². The third-order valence-electron chi connectivity index (χ3n) is 3.96. The first-order valence-electron chi connectivity index (χ1n) is 8.17. The van der Waals surface area contributed by atoms with Gasteiger partial charge >= 0.3 is 0 Å². The predicted octanol–water partition coefficient (Wildman–Crippen LogP) is 1.81. The number of carbonyl (C=O) groups excluding carboxylic acids is 1. The van der Waals surface area contributed by atoms with Crippen LogP contribution in [0.4, 0.5) is 5.69 Å². The highest BCUT2D eigenvalue weighted by molar-refractivity contribution is 5.95. The molecule has 0 bridgehead atoms. The van der Waals surface area contributed by atoms with Gasteiger partial charge in [0.15, 0.2) is 0 Å². The number of nitro groups is 1. The van der Waals surface area contributed by atoms with Gasteiger partial charge in [0, 0.05) is 24.7 Å². The van der Waals surface area contributed by atoms with Gasteiger partial charge in [0.25, 0.3) is 11.6 Å². The summed E-state index contributed by atoms with van der Waals surface area (Å²) in [7, 11) is 0. The number of amides is 1. The zero-order chi connectivity index (χ0) is 19.2. The Kier molecular flexibility index (Phi) is 5.53. The number of hydrogen-bond donors (Lipinski definition) is 1. The summed E-state index contributed by atoms with van der Waals surface area (Å²) in [5.74, 6) is -0.402. The number of carbonyl (C=O) groups is 1. The fourth-order valence-electron chi connectivity index (χ4n) is 2.69. The Balaban J connectivity index is 1.92. The van der Waals surface area contributed by atoms with Gasteiger partial charge in [0.05, 0.1) is 11.5 Å². The zero-order valence-electron chi connectivity index (χ0n) is 14.3. The van der Waals surface area contributed by atoms with Crippen molar-refractivity contribution < 1.29 is 14.8 Å². The molecule has 1 N–H and O–H groups in total. The molecule has 0 aliphatic rings. The van der Waals surface area contributed by atoms with E-state index in [-0.39, 0.29) is 30.1 Å². The number of hydrogen-bond acceptors (Lipinski definition) is 6. The minimum atomic E-state index is -0.568. The van der Waals surface area contributed by atoms with Crippen LogP contribution in [0, 0.1) is 10.1 Å². The fourth-order valence-corrected chi connectivity index (χ4v) is 2.69. The Bertz CT molecular complexity index is 928. The molecule has 0 aliphatic carbocycles. The molecule has 1 aromatic heterocycles. The van der Waals surface area contributed by atoms with Crippen molar-refractivity contribution in [2.75, 3.05) is 13.2 Å². The van der Waals surface area contributed by atoms with Gasteiger partial charge in [0.2, 0.25) is 0 Å². The van der Waals surface area contributed by atoms with Crippen molar-refractivity contribution in [2.45, 2.75) is 6.54 Å². The van der Waals surface area contributed by atoms with Crippen LogP contribution in [-0.2, 0) is 6.54 Å². The average molecular weight is 367 g/mol. The van der Waals surface area contributed by atoms with E-state index < -0.39 is 10.8 Å². The molecule has 3 rings (SSSR count). The molecule has 2 aromatic carbocycles. The Morgan fingerprint density at radius 1 is 1.22 bits per heavy atom. The molecule has 0 radical (unpaired) electrons. The van der Waals surface area contributed by atoms with Crippen molar-refractivity contribution in [2.24, 2.45) is 0 Å². The number of nitro benzene ring substituents is 1. The molecule has 27 heavy (non-hydrogen) atoms. The Morgan fingerprint density at radius 3 is 2.63 bits per heavy atom. The third kappa shape index (κ3) is 4.15. The highest BCUT2D eigenvalue weighted by Crippen LogP contribution is 2.24. The maximum atomic E-state index is 12.9. The molecule has 0 fully saturated rings. The van der Waals surface area contributed by atoms with E-state index in [0.29, 0.717) is 6.54 Å².